The monoisotopic (exact) mass is 815 g/mol. The number of hydrogen-bond acceptors (Lipinski definition) is 14. The van der Waals surface area contributed by atoms with E-state index >= 15 is 0 Å². The molecule has 3 N–H and O–H groups in total. The van der Waals surface area contributed by atoms with Crippen LogP contribution in [0.4, 0.5) is 9.59 Å². The number of rotatable bonds is 8. The second kappa shape index (κ2) is 23.0. The van der Waals surface area contributed by atoms with Gasteiger partial charge in [0.25, 0.3) is 0 Å². The van der Waals surface area contributed by atoms with Crippen molar-refractivity contribution in [2.45, 2.75) is 79.1 Å². The SMILES string of the molecule is CC(C)(C)OC(=O)CN1CCN(CC(=O)OC(C)(C)C)CCN(CC(=O)N2CCNCCN(C(=O)O)CCN(C(=O)O)CC2)CCN(CC(=O)OC(C)(C)C)CC1. The van der Waals surface area contributed by atoms with Gasteiger partial charge < -0.3 is 44.4 Å². The van der Waals surface area contributed by atoms with Gasteiger partial charge in [-0.3, -0.25) is 38.8 Å². The van der Waals surface area contributed by atoms with Crippen molar-refractivity contribution in [1.29, 1.82) is 0 Å². The van der Waals surface area contributed by atoms with Gasteiger partial charge in [-0.1, -0.05) is 0 Å². The van der Waals surface area contributed by atoms with E-state index in [0.29, 0.717) is 65.4 Å². The van der Waals surface area contributed by atoms with E-state index in [0.717, 1.165) is 4.90 Å². The van der Waals surface area contributed by atoms with Crippen LogP contribution in [-0.2, 0) is 33.4 Å². The van der Waals surface area contributed by atoms with Crippen LogP contribution in [-0.4, -0.2) is 228 Å². The number of ether oxygens (including phenoxy) is 3. The van der Waals surface area contributed by atoms with Gasteiger partial charge in [-0.25, -0.2) is 9.59 Å². The molecular formula is C38H70N8O11. The Morgan fingerprint density at radius 3 is 0.982 bits per heavy atom. The molecule has 0 unspecified atom stereocenters. The molecule has 2 fully saturated rings. The highest BCUT2D eigenvalue weighted by molar-refractivity contribution is 5.78. The molecule has 0 saturated carbocycles. The minimum Gasteiger partial charge on any atom is -0.465 e. The molecule has 0 radical (unpaired) electrons. The fraction of sp³-hybridized carbons (Fsp3) is 0.842. The molecule has 0 bridgehead atoms. The van der Waals surface area contributed by atoms with Crippen LogP contribution in [0.2, 0.25) is 0 Å². The molecular weight excluding hydrogens is 744 g/mol. The number of nitrogens with zero attached hydrogens (tertiary/aromatic N) is 7. The van der Waals surface area contributed by atoms with Crippen LogP contribution in [0.5, 0.6) is 0 Å². The lowest BCUT2D eigenvalue weighted by Gasteiger charge is -2.35. The van der Waals surface area contributed by atoms with Crippen molar-refractivity contribution in [2.75, 3.05) is 131 Å². The van der Waals surface area contributed by atoms with Crippen molar-refractivity contribution in [3.8, 4) is 0 Å². The van der Waals surface area contributed by atoms with Crippen molar-refractivity contribution in [1.82, 2.24) is 39.6 Å². The highest BCUT2D eigenvalue weighted by Crippen LogP contribution is 2.12. The molecule has 0 spiro atoms. The third-order valence-electron chi connectivity index (χ3n) is 8.90. The minimum absolute atomic E-state index is 0.00165. The summed E-state index contributed by atoms with van der Waals surface area (Å²) in [5, 5.41) is 22.6. The Morgan fingerprint density at radius 2 is 0.684 bits per heavy atom. The summed E-state index contributed by atoms with van der Waals surface area (Å²) in [5.74, 6) is -1.41. The van der Waals surface area contributed by atoms with Gasteiger partial charge in [0.2, 0.25) is 5.91 Å². The van der Waals surface area contributed by atoms with Crippen molar-refractivity contribution < 1.29 is 53.2 Å². The maximum Gasteiger partial charge on any atom is 0.407 e. The molecule has 0 aromatic carbocycles. The van der Waals surface area contributed by atoms with Gasteiger partial charge in [-0.15, -0.1) is 0 Å². The molecule has 3 amide bonds. The average molecular weight is 815 g/mol. The van der Waals surface area contributed by atoms with Gasteiger partial charge in [0.05, 0.1) is 26.2 Å². The first-order chi connectivity index (χ1) is 26.4. The van der Waals surface area contributed by atoms with Gasteiger partial charge in [0.15, 0.2) is 0 Å². The summed E-state index contributed by atoms with van der Waals surface area (Å²) in [6.45, 7) is 20.6. The summed E-state index contributed by atoms with van der Waals surface area (Å²) in [5.41, 5.74) is -2.05. The summed E-state index contributed by atoms with van der Waals surface area (Å²) >= 11 is 0. The van der Waals surface area contributed by atoms with Gasteiger partial charge >= 0.3 is 30.1 Å². The van der Waals surface area contributed by atoms with E-state index in [1.54, 1.807) is 67.2 Å². The van der Waals surface area contributed by atoms with E-state index in [1.807, 2.05) is 19.6 Å². The molecule has 2 aliphatic heterocycles. The van der Waals surface area contributed by atoms with Crippen LogP contribution >= 0.6 is 0 Å². The Bertz CT molecular complexity index is 1290. The van der Waals surface area contributed by atoms with E-state index in [2.05, 4.69) is 5.32 Å². The van der Waals surface area contributed by atoms with E-state index < -0.39 is 40.9 Å². The molecule has 2 aliphatic rings. The van der Waals surface area contributed by atoms with Crippen LogP contribution in [0.3, 0.4) is 0 Å². The fourth-order valence-corrected chi connectivity index (χ4v) is 6.17. The standard InChI is InChI=1S/C38H70N8O11/c1-36(2,3)55-31(48)27-41-16-14-40(26-30(47)44-12-10-39-11-13-45(34(51)52)24-25-46(23-22-44)35(53)54)15-17-42(28-32(49)56-37(4,5)6)19-21-43(20-18-41)29-33(50)57-38(7,8)9/h39H,10-29H2,1-9H3,(H,51,52)(H,53,54). The Hall–Kier alpha value is -3.78. The lowest BCUT2D eigenvalue weighted by atomic mass is 10.2. The summed E-state index contributed by atoms with van der Waals surface area (Å²) in [7, 11) is 0. The lowest BCUT2D eigenvalue weighted by Crippen LogP contribution is -2.52. The number of carbonyl (C=O) groups excluding carboxylic acids is 4. The Kier molecular flexibility index (Phi) is 19.9. The normalized spacial score (nSPS) is 19.3. The maximum absolute atomic E-state index is 14.0. The van der Waals surface area contributed by atoms with Crippen LogP contribution in [0.15, 0.2) is 0 Å². The summed E-state index contributed by atoms with van der Waals surface area (Å²) in [6, 6.07) is 0. The largest absolute Gasteiger partial charge is 0.465 e. The van der Waals surface area contributed by atoms with Crippen LogP contribution < -0.4 is 5.32 Å². The first-order valence-corrected chi connectivity index (χ1v) is 19.9. The predicted octanol–water partition coefficient (Wildman–Crippen LogP) is 0.625. The summed E-state index contributed by atoms with van der Waals surface area (Å²) in [6.07, 6.45) is -2.33. The molecule has 2 heterocycles. The van der Waals surface area contributed by atoms with Gasteiger partial charge in [0, 0.05) is 105 Å². The molecule has 2 saturated heterocycles. The lowest BCUT2D eigenvalue weighted by molar-refractivity contribution is -0.158. The maximum atomic E-state index is 14.0. The van der Waals surface area contributed by atoms with Crippen LogP contribution in [0.25, 0.3) is 0 Å². The van der Waals surface area contributed by atoms with E-state index in [9.17, 15) is 39.0 Å². The number of carboxylic acid groups (broad SMARTS) is 2. The third kappa shape index (κ3) is 22.1. The third-order valence-corrected chi connectivity index (χ3v) is 8.90. The van der Waals surface area contributed by atoms with Crippen molar-refractivity contribution in [3.05, 3.63) is 0 Å². The zero-order valence-corrected chi connectivity index (χ0v) is 35.8. The topological polar surface area (TPSA) is 205 Å². The number of hydrogen-bond donors (Lipinski definition) is 3. The molecule has 2 rings (SSSR count). The van der Waals surface area contributed by atoms with Crippen molar-refractivity contribution >= 4 is 36.0 Å². The highest BCUT2D eigenvalue weighted by Gasteiger charge is 2.27. The second-order valence-electron chi connectivity index (χ2n) is 17.5. The highest BCUT2D eigenvalue weighted by atomic mass is 16.6. The summed E-state index contributed by atoms with van der Waals surface area (Å²) in [4.78, 5) is 88.5. The molecule has 57 heavy (non-hydrogen) atoms. The van der Waals surface area contributed by atoms with Crippen LogP contribution in [0.1, 0.15) is 62.3 Å². The van der Waals surface area contributed by atoms with Gasteiger partial charge in [0.1, 0.15) is 16.8 Å². The molecule has 0 aromatic heterocycles. The van der Waals surface area contributed by atoms with E-state index in [1.165, 1.54) is 4.90 Å². The van der Waals surface area contributed by atoms with Gasteiger partial charge in [-0.05, 0) is 62.3 Å². The first kappa shape index (κ1) is 49.4. The van der Waals surface area contributed by atoms with E-state index in [4.69, 9.17) is 14.2 Å². The molecule has 19 heteroatoms. The fourth-order valence-electron chi connectivity index (χ4n) is 6.17. The van der Waals surface area contributed by atoms with Crippen LogP contribution in [0, 0.1) is 0 Å². The molecule has 0 atom stereocenters. The molecule has 328 valence electrons. The smallest absolute Gasteiger partial charge is 0.407 e. The predicted molar refractivity (Wildman–Crippen MR) is 212 cm³/mol. The van der Waals surface area contributed by atoms with Crippen molar-refractivity contribution in [3.63, 3.8) is 0 Å². The molecule has 0 aliphatic carbocycles. The molecule has 0 aromatic rings. The number of amides is 3. The first-order valence-electron chi connectivity index (χ1n) is 19.9. The zero-order valence-electron chi connectivity index (χ0n) is 35.8. The Morgan fingerprint density at radius 1 is 0.421 bits per heavy atom. The molecule has 19 nitrogen and oxygen atoms in total. The minimum atomic E-state index is -1.20. The van der Waals surface area contributed by atoms with E-state index in [-0.39, 0.29) is 77.3 Å². The van der Waals surface area contributed by atoms with Gasteiger partial charge in [-0.2, -0.15) is 0 Å². The summed E-state index contributed by atoms with van der Waals surface area (Å²) < 4.78 is 16.9. The number of carbonyl (C=O) groups is 6. The Labute approximate surface area is 338 Å². The zero-order chi connectivity index (χ0) is 43.0. The average Bonchev–Trinajstić information content (AvgIpc) is 3.03. The number of nitrogens with one attached hydrogen (secondary N) is 1. The van der Waals surface area contributed by atoms with Crippen molar-refractivity contribution in [2.24, 2.45) is 0 Å². The second-order valence-corrected chi connectivity index (χ2v) is 17.5. The Balaban J connectivity index is 2.36. The number of esters is 3. The quantitative estimate of drug-likeness (QED) is 0.227.